The molecule has 0 bridgehead atoms. The zero-order valence-electron chi connectivity index (χ0n) is 19.9. The molecule has 6 heterocycles. The van der Waals surface area contributed by atoms with Gasteiger partial charge in [0.1, 0.15) is 5.69 Å². The molecule has 1 unspecified atom stereocenters. The van der Waals surface area contributed by atoms with Crippen LogP contribution in [0.15, 0.2) is 30.6 Å². The Morgan fingerprint density at radius 2 is 1.91 bits per heavy atom. The molecule has 2 atom stereocenters. The van der Waals surface area contributed by atoms with E-state index < -0.39 is 0 Å². The molecule has 2 aliphatic rings. The molecular formula is C24H30N8O2. The lowest BCUT2D eigenvalue weighted by Crippen LogP contribution is -2.44. The summed E-state index contributed by atoms with van der Waals surface area (Å²) < 4.78 is 17.6. The number of imidazole rings is 1. The normalized spacial score (nSPS) is 21.4. The molecule has 6 rings (SSSR count). The summed E-state index contributed by atoms with van der Waals surface area (Å²) in [6, 6.07) is 6.43. The molecule has 0 amide bonds. The molecule has 4 aromatic rings. The lowest BCUT2D eigenvalue weighted by molar-refractivity contribution is -0.0384. The summed E-state index contributed by atoms with van der Waals surface area (Å²) in [6.07, 6.45) is 6.74. The van der Waals surface area contributed by atoms with Crippen molar-refractivity contribution >= 4 is 11.3 Å². The Balaban J connectivity index is 1.57. The summed E-state index contributed by atoms with van der Waals surface area (Å²) in [5, 5.41) is 14.2. The van der Waals surface area contributed by atoms with Gasteiger partial charge in [-0.25, -0.2) is 14.2 Å². The first-order valence-electron chi connectivity index (χ1n) is 12.0. The van der Waals surface area contributed by atoms with Crippen LogP contribution in [0, 0.1) is 6.92 Å². The molecule has 2 saturated heterocycles. The monoisotopic (exact) mass is 462 g/mol. The number of ether oxygens (including phenoxy) is 2. The second-order valence-electron chi connectivity index (χ2n) is 9.14. The van der Waals surface area contributed by atoms with Crippen molar-refractivity contribution in [3.63, 3.8) is 0 Å². The van der Waals surface area contributed by atoms with Gasteiger partial charge in [0.05, 0.1) is 36.2 Å². The van der Waals surface area contributed by atoms with E-state index in [0.717, 1.165) is 72.2 Å². The van der Waals surface area contributed by atoms with Crippen LogP contribution in [0.25, 0.3) is 28.3 Å². The predicted octanol–water partition coefficient (Wildman–Crippen LogP) is 3.23. The maximum atomic E-state index is 6.04. The van der Waals surface area contributed by atoms with Gasteiger partial charge in [0, 0.05) is 38.2 Å². The van der Waals surface area contributed by atoms with Crippen molar-refractivity contribution in [1.82, 2.24) is 34.2 Å². The van der Waals surface area contributed by atoms with Crippen molar-refractivity contribution in [1.29, 1.82) is 0 Å². The first kappa shape index (κ1) is 21.3. The second-order valence-corrected chi connectivity index (χ2v) is 9.14. The van der Waals surface area contributed by atoms with E-state index in [1.807, 2.05) is 52.4 Å². The third-order valence-electron chi connectivity index (χ3n) is 6.85. The highest BCUT2D eigenvalue weighted by Gasteiger charge is 2.27. The molecule has 2 aliphatic heterocycles. The zero-order chi connectivity index (χ0) is 23.2. The summed E-state index contributed by atoms with van der Waals surface area (Å²) in [7, 11) is 1.96. The van der Waals surface area contributed by atoms with Crippen LogP contribution < -0.4 is 4.90 Å². The van der Waals surface area contributed by atoms with E-state index in [-0.39, 0.29) is 12.3 Å². The molecule has 0 spiro atoms. The highest BCUT2D eigenvalue weighted by Crippen LogP contribution is 2.35. The van der Waals surface area contributed by atoms with Gasteiger partial charge in [0.15, 0.2) is 17.9 Å². The van der Waals surface area contributed by atoms with E-state index in [2.05, 4.69) is 28.1 Å². The van der Waals surface area contributed by atoms with E-state index in [0.29, 0.717) is 13.2 Å². The van der Waals surface area contributed by atoms with E-state index in [4.69, 9.17) is 19.6 Å². The number of morpholine rings is 1. The number of rotatable bonds is 4. The van der Waals surface area contributed by atoms with Gasteiger partial charge >= 0.3 is 0 Å². The minimum absolute atomic E-state index is 0.0783. The molecule has 0 aliphatic carbocycles. The van der Waals surface area contributed by atoms with E-state index in [1.54, 1.807) is 0 Å². The minimum Gasteiger partial charge on any atom is -0.377 e. The molecule has 0 saturated carbocycles. The van der Waals surface area contributed by atoms with Crippen molar-refractivity contribution in [3.05, 3.63) is 36.3 Å². The van der Waals surface area contributed by atoms with E-state index in [1.165, 1.54) is 0 Å². The van der Waals surface area contributed by atoms with Gasteiger partial charge in [-0.1, -0.05) is 0 Å². The summed E-state index contributed by atoms with van der Waals surface area (Å²) in [5.74, 6) is 1.67. The second kappa shape index (κ2) is 8.52. The van der Waals surface area contributed by atoms with Crippen molar-refractivity contribution in [3.8, 4) is 22.8 Å². The molecule has 2 fully saturated rings. The smallest absolute Gasteiger partial charge is 0.180 e. The van der Waals surface area contributed by atoms with E-state index in [9.17, 15) is 0 Å². The summed E-state index contributed by atoms with van der Waals surface area (Å²) in [4.78, 5) is 7.31. The molecule has 10 heteroatoms. The van der Waals surface area contributed by atoms with Crippen LogP contribution >= 0.6 is 0 Å². The van der Waals surface area contributed by atoms with Gasteiger partial charge < -0.3 is 14.4 Å². The quantitative estimate of drug-likeness (QED) is 0.460. The lowest BCUT2D eigenvalue weighted by atomic mass is 10.1. The number of hydrogen-bond acceptors (Lipinski definition) is 7. The molecule has 34 heavy (non-hydrogen) atoms. The molecule has 0 N–H and O–H groups in total. The van der Waals surface area contributed by atoms with Crippen LogP contribution in [-0.4, -0.2) is 66.6 Å². The van der Waals surface area contributed by atoms with Crippen LogP contribution in [0.5, 0.6) is 0 Å². The molecule has 0 radical (unpaired) electrons. The summed E-state index contributed by atoms with van der Waals surface area (Å²) >= 11 is 0. The Bertz CT molecular complexity index is 1320. The highest BCUT2D eigenvalue weighted by molar-refractivity contribution is 5.84. The minimum atomic E-state index is -0.0783. The Morgan fingerprint density at radius 1 is 1.06 bits per heavy atom. The number of fused-ring (bicyclic) bond motifs is 1. The van der Waals surface area contributed by atoms with Gasteiger partial charge in [0.25, 0.3) is 0 Å². The Kier molecular flexibility index (Phi) is 5.34. The van der Waals surface area contributed by atoms with Gasteiger partial charge in [-0.2, -0.15) is 10.2 Å². The van der Waals surface area contributed by atoms with Gasteiger partial charge in [-0.05, 0) is 51.3 Å². The number of hydrogen-bond donors (Lipinski definition) is 0. The van der Waals surface area contributed by atoms with Crippen molar-refractivity contribution in [2.24, 2.45) is 7.05 Å². The Labute approximate surface area is 198 Å². The number of anilines is 1. The maximum absolute atomic E-state index is 6.04. The fourth-order valence-corrected chi connectivity index (χ4v) is 5.10. The maximum Gasteiger partial charge on any atom is 0.180 e. The van der Waals surface area contributed by atoms with Crippen LogP contribution in [0.3, 0.4) is 0 Å². The van der Waals surface area contributed by atoms with Gasteiger partial charge in [0.2, 0.25) is 0 Å². The van der Waals surface area contributed by atoms with Crippen LogP contribution in [-0.2, 0) is 16.5 Å². The third kappa shape index (κ3) is 3.48. The highest BCUT2D eigenvalue weighted by atomic mass is 16.5. The summed E-state index contributed by atoms with van der Waals surface area (Å²) in [6.45, 7) is 7.13. The topological polar surface area (TPSA) is 87.5 Å². The Hall–Kier alpha value is -3.24. The predicted molar refractivity (Wildman–Crippen MR) is 128 cm³/mol. The fraction of sp³-hybridized carbons (Fsp3) is 0.500. The lowest BCUT2D eigenvalue weighted by Gasteiger charge is -2.34. The van der Waals surface area contributed by atoms with Gasteiger partial charge in [-0.15, -0.1) is 5.10 Å². The first-order chi connectivity index (χ1) is 16.6. The number of nitrogens with zero attached hydrogens (tertiary/aromatic N) is 8. The van der Waals surface area contributed by atoms with Crippen LogP contribution in [0.4, 0.5) is 5.82 Å². The molecule has 0 aromatic carbocycles. The number of aryl methyl sites for hydroxylation is 2. The molecular weight excluding hydrogens is 432 g/mol. The van der Waals surface area contributed by atoms with Gasteiger partial charge in [-0.3, -0.25) is 4.68 Å². The fourth-order valence-electron chi connectivity index (χ4n) is 5.10. The van der Waals surface area contributed by atoms with Crippen LogP contribution in [0.2, 0.25) is 0 Å². The van der Waals surface area contributed by atoms with Crippen molar-refractivity contribution in [2.75, 3.05) is 31.3 Å². The first-order valence-corrected chi connectivity index (χ1v) is 12.0. The van der Waals surface area contributed by atoms with Crippen LogP contribution in [0.1, 0.15) is 38.1 Å². The Morgan fingerprint density at radius 3 is 2.68 bits per heavy atom. The number of aromatic nitrogens is 7. The zero-order valence-corrected chi connectivity index (χ0v) is 19.9. The van der Waals surface area contributed by atoms with Crippen molar-refractivity contribution in [2.45, 2.75) is 45.4 Å². The average Bonchev–Trinajstić information content (AvgIpc) is 3.58. The SMILES string of the molecule is Cc1nc(-c2ccnn2C2CCCCO2)n2nc(N3CCOC[C@H]3C)cc(-c3ccnn3C)c12. The molecule has 178 valence electrons. The van der Waals surface area contributed by atoms with Crippen molar-refractivity contribution < 1.29 is 9.47 Å². The average molecular weight is 463 g/mol. The largest absolute Gasteiger partial charge is 0.377 e. The third-order valence-corrected chi connectivity index (χ3v) is 6.85. The molecule has 10 nitrogen and oxygen atoms in total. The van der Waals surface area contributed by atoms with E-state index >= 15 is 0 Å². The summed E-state index contributed by atoms with van der Waals surface area (Å²) in [5.41, 5.74) is 4.87. The molecule has 4 aromatic heterocycles. The standard InChI is InChI=1S/C24H30N8O2/c1-16-15-33-13-11-30(16)21-14-18(19-7-9-25-29(19)3)23-17(2)27-24(32(23)28-21)20-8-10-26-31(20)22-6-4-5-12-34-22/h7-10,14,16,22H,4-6,11-13,15H2,1-3H3/t16-,22?/m1/s1.